The minimum atomic E-state index is -0.708. The molecule has 0 saturated carbocycles. The molecule has 0 aliphatic rings. The smallest absolute Gasteiger partial charge is 0.355 e. The predicted molar refractivity (Wildman–Crippen MR) is 96.3 cm³/mol. The molecule has 0 aliphatic carbocycles. The first-order valence-electron chi connectivity index (χ1n) is 8.23. The lowest BCUT2D eigenvalue weighted by molar-refractivity contribution is -0.119. The van der Waals surface area contributed by atoms with Crippen molar-refractivity contribution in [1.82, 2.24) is 4.98 Å². The second-order valence-electron chi connectivity index (χ2n) is 5.84. The van der Waals surface area contributed by atoms with E-state index in [-0.39, 0.29) is 12.3 Å². The van der Waals surface area contributed by atoms with Crippen LogP contribution in [-0.4, -0.2) is 36.0 Å². The van der Waals surface area contributed by atoms with Crippen molar-refractivity contribution in [3.05, 3.63) is 52.3 Å². The van der Waals surface area contributed by atoms with Crippen LogP contribution in [0.1, 0.15) is 44.6 Å². The molecule has 1 heterocycles. The van der Waals surface area contributed by atoms with Crippen molar-refractivity contribution >= 4 is 23.5 Å². The van der Waals surface area contributed by atoms with Gasteiger partial charge in [-0.2, -0.15) is 0 Å². The van der Waals surface area contributed by atoms with E-state index in [1.54, 1.807) is 32.9 Å². The number of amides is 1. The van der Waals surface area contributed by atoms with Gasteiger partial charge in [0.15, 0.2) is 6.61 Å². The Morgan fingerprint density at radius 1 is 1.00 bits per heavy atom. The minimum Gasteiger partial charge on any atom is -0.462 e. The molecule has 138 valence electrons. The van der Waals surface area contributed by atoms with Crippen molar-refractivity contribution in [2.24, 2.45) is 0 Å². The van der Waals surface area contributed by atoms with E-state index in [2.05, 4.69) is 10.3 Å². The van der Waals surface area contributed by atoms with Gasteiger partial charge in [0.2, 0.25) is 0 Å². The van der Waals surface area contributed by atoms with Gasteiger partial charge < -0.3 is 19.8 Å². The molecule has 1 aromatic carbocycles. The largest absolute Gasteiger partial charge is 0.462 e. The first kappa shape index (κ1) is 19.2. The number of rotatable bonds is 6. The van der Waals surface area contributed by atoms with Gasteiger partial charge in [0.25, 0.3) is 5.91 Å². The van der Waals surface area contributed by atoms with Gasteiger partial charge in [-0.3, -0.25) is 4.79 Å². The molecule has 7 heteroatoms. The van der Waals surface area contributed by atoms with Gasteiger partial charge in [-0.05, 0) is 45.4 Å². The van der Waals surface area contributed by atoms with Gasteiger partial charge >= 0.3 is 11.9 Å². The number of nitrogens with one attached hydrogen (secondary N) is 2. The van der Waals surface area contributed by atoms with Gasteiger partial charge in [-0.25, -0.2) is 9.59 Å². The number of hydrogen-bond donors (Lipinski definition) is 2. The van der Waals surface area contributed by atoms with E-state index in [0.29, 0.717) is 22.5 Å². The van der Waals surface area contributed by atoms with Gasteiger partial charge in [0.05, 0.1) is 12.2 Å². The van der Waals surface area contributed by atoms with E-state index in [1.807, 2.05) is 19.1 Å². The van der Waals surface area contributed by atoms with Crippen molar-refractivity contribution in [1.29, 1.82) is 0 Å². The Morgan fingerprint density at radius 3 is 2.27 bits per heavy atom. The minimum absolute atomic E-state index is 0.133. The highest BCUT2D eigenvalue weighted by atomic mass is 16.5. The Balaban J connectivity index is 1.99. The first-order valence-corrected chi connectivity index (χ1v) is 8.23. The molecule has 0 atom stereocenters. The molecular formula is C19H22N2O5. The summed E-state index contributed by atoms with van der Waals surface area (Å²) in [5, 5.41) is 2.64. The normalized spacial score (nSPS) is 10.3. The molecule has 2 rings (SSSR count). The molecule has 1 amide bonds. The number of carbonyl (C=O) groups is 3. The monoisotopic (exact) mass is 358 g/mol. The molecule has 0 bridgehead atoms. The number of esters is 2. The Hall–Kier alpha value is -3.09. The molecule has 7 nitrogen and oxygen atoms in total. The summed E-state index contributed by atoms with van der Waals surface area (Å²) in [5.41, 5.74) is 3.08. The highest BCUT2D eigenvalue weighted by molar-refractivity contribution is 5.99. The van der Waals surface area contributed by atoms with Crippen molar-refractivity contribution < 1.29 is 23.9 Å². The molecule has 0 aliphatic heterocycles. The van der Waals surface area contributed by atoms with Gasteiger partial charge in [0, 0.05) is 11.4 Å². The number of aryl methyl sites for hydroxylation is 2. The third-order valence-corrected chi connectivity index (χ3v) is 3.79. The Labute approximate surface area is 151 Å². The summed E-state index contributed by atoms with van der Waals surface area (Å²) in [6.07, 6.45) is 0. The summed E-state index contributed by atoms with van der Waals surface area (Å²) >= 11 is 0. The highest BCUT2D eigenvalue weighted by Crippen LogP contribution is 2.20. The number of carbonyl (C=O) groups excluding carboxylic acids is 3. The van der Waals surface area contributed by atoms with Crippen molar-refractivity contribution in [3.8, 4) is 0 Å². The summed E-state index contributed by atoms with van der Waals surface area (Å²) in [4.78, 5) is 38.9. The van der Waals surface area contributed by atoms with E-state index in [9.17, 15) is 14.4 Å². The molecule has 0 fully saturated rings. The molecule has 0 radical (unpaired) electrons. The van der Waals surface area contributed by atoms with Crippen LogP contribution < -0.4 is 5.32 Å². The zero-order chi connectivity index (χ0) is 19.3. The average Bonchev–Trinajstić information content (AvgIpc) is 2.89. The number of benzene rings is 1. The van der Waals surface area contributed by atoms with E-state index < -0.39 is 24.5 Å². The maximum Gasteiger partial charge on any atom is 0.355 e. The molecule has 0 spiro atoms. The van der Waals surface area contributed by atoms with E-state index in [0.717, 1.165) is 5.56 Å². The zero-order valence-electron chi connectivity index (χ0n) is 15.3. The average molecular weight is 358 g/mol. The number of aromatic amines is 1. The summed E-state index contributed by atoms with van der Waals surface area (Å²) in [6.45, 7) is 6.75. The molecule has 26 heavy (non-hydrogen) atoms. The molecule has 0 unspecified atom stereocenters. The third kappa shape index (κ3) is 4.50. The maximum absolute atomic E-state index is 12.2. The van der Waals surface area contributed by atoms with Crippen LogP contribution in [0.3, 0.4) is 0 Å². The van der Waals surface area contributed by atoms with Crippen LogP contribution in [0.25, 0.3) is 0 Å². The lowest BCUT2D eigenvalue weighted by atomic mass is 10.1. The van der Waals surface area contributed by atoms with Crippen LogP contribution in [0.5, 0.6) is 0 Å². The number of H-pyrrole nitrogens is 1. The van der Waals surface area contributed by atoms with E-state index >= 15 is 0 Å². The third-order valence-electron chi connectivity index (χ3n) is 3.79. The van der Waals surface area contributed by atoms with E-state index in [1.165, 1.54) is 0 Å². The summed E-state index contributed by atoms with van der Waals surface area (Å²) in [7, 11) is 0. The molecule has 1 aromatic heterocycles. The predicted octanol–water partition coefficient (Wildman–Crippen LogP) is 2.91. The fraction of sp³-hybridized carbons (Fsp3) is 0.316. The molecule has 2 N–H and O–H groups in total. The van der Waals surface area contributed by atoms with Crippen LogP contribution >= 0.6 is 0 Å². The van der Waals surface area contributed by atoms with Gasteiger partial charge in [0.1, 0.15) is 5.69 Å². The quantitative estimate of drug-likeness (QED) is 0.774. The van der Waals surface area contributed by atoms with Gasteiger partial charge in [-0.15, -0.1) is 0 Å². The zero-order valence-corrected chi connectivity index (χ0v) is 15.3. The molecular weight excluding hydrogens is 336 g/mol. The topological polar surface area (TPSA) is 97.5 Å². The van der Waals surface area contributed by atoms with Crippen molar-refractivity contribution in [2.45, 2.75) is 27.7 Å². The van der Waals surface area contributed by atoms with Gasteiger partial charge in [-0.1, -0.05) is 17.7 Å². The van der Waals surface area contributed by atoms with Crippen LogP contribution in [-0.2, 0) is 14.3 Å². The van der Waals surface area contributed by atoms with Crippen LogP contribution in [0.2, 0.25) is 0 Å². The summed E-state index contributed by atoms with van der Waals surface area (Å²) < 4.78 is 10.0. The standard InChI is InChI=1S/C19H22N2O5/c1-5-25-18(23)16-12(3)17(20-13(16)4)19(24)26-10-15(22)21-14-8-6-11(2)7-9-14/h6-9,20H,5,10H2,1-4H3,(H,21,22). The Bertz CT molecular complexity index is 821. The van der Waals surface area contributed by atoms with Crippen LogP contribution in [0, 0.1) is 20.8 Å². The lowest BCUT2D eigenvalue weighted by Crippen LogP contribution is -2.21. The highest BCUT2D eigenvalue weighted by Gasteiger charge is 2.24. The summed E-state index contributed by atoms with van der Waals surface area (Å²) in [5.74, 6) is -1.66. The Morgan fingerprint density at radius 2 is 1.65 bits per heavy atom. The molecule has 2 aromatic rings. The number of anilines is 1. The van der Waals surface area contributed by atoms with Crippen LogP contribution in [0.15, 0.2) is 24.3 Å². The number of ether oxygens (including phenoxy) is 2. The first-order chi connectivity index (χ1) is 12.3. The second-order valence-corrected chi connectivity index (χ2v) is 5.84. The number of hydrogen-bond acceptors (Lipinski definition) is 5. The van der Waals surface area contributed by atoms with E-state index in [4.69, 9.17) is 9.47 Å². The lowest BCUT2D eigenvalue weighted by Gasteiger charge is -2.07. The Kier molecular flexibility index (Phi) is 6.16. The second kappa shape index (κ2) is 8.33. The number of aromatic nitrogens is 1. The van der Waals surface area contributed by atoms with Crippen molar-refractivity contribution in [3.63, 3.8) is 0 Å². The SMILES string of the molecule is CCOC(=O)c1c(C)[nH]c(C(=O)OCC(=O)Nc2ccc(C)cc2)c1C. The van der Waals surface area contributed by atoms with Crippen LogP contribution in [0.4, 0.5) is 5.69 Å². The van der Waals surface area contributed by atoms with Crippen molar-refractivity contribution in [2.75, 3.05) is 18.5 Å². The maximum atomic E-state index is 12.2. The molecule has 0 saturated heterocycles. The fourth-order valence-electron chi connectivity index (χ4n) is 2.50. The fourth-order valence-corrected chi connectivity index (χ4v) is 2.50. The summed E-state index contributed by atoms with van der Waals surface area (Å²) in [6, 6.07) is 7.26.